The van der Waals surface area contributed by atoms with E-state index in [0.717, 1.165) is 37.1 Å². The summed E-state index contributed by atoms with van der Waals surface area (Å²) in [6.45, 7) is 6.13. The molecule has 2 aromatic carbocycles. The number of rotatable bonds is 4. The highest BCUT2D eigenvalue weighted by Crippen LogP contribution is 2.57. The van der Waals surface area contributed by atoms with Gasteiger partial charge in [-0.15, -0.1) is 0 Å². The van der Waals surface area contributed by atoms with Gasteiger partial charge in [-0.05, 0) is 79.2 Å². The smallest absolute Gasteiger partial charge is 0.337 e. The number of likely N-dealkylation sites (tertiary alicyclic amines) is 1. The summed E-state index contributed by atoms with van der Waals surface area (Å²) in [6, 6.07) is 4.69. The predicted molar refractivity (Wildman–Crippen MR) is 145 cm³/mol. The molecule has 0 bridgehead atoms. The minimum Gasteiger partial charge on any atom is -0.337 e. The van der Waals surface area contributed by atoms with Crippen LogP contribution in [0.1, 0.15) is 69.6 Å². The fraction of sp³-hybridized carbons (Fsp3) is 0.581. The Morgan fingerprint density at radius 1 is 0.932 bits per heavy atom. The Balaban J connectivity index is 1.66. The van der Waals surface area contributed by atoms with Gasteiger partial charge >= 0.3 is 18.0 Å². The summed E-state index contributed by atoms with van der Waals surface area (Å²) in [5.41, 5.74) is -7.69. The molecule has 13 heteroatoms. The van der Waals surface area contributed by atoms with Gasteiger partial charge in [0, 0.05) is 18.0 Å². The third-order valence-electron chi connectivity index (χ3n) is 9.95. The van der Waals surface area contributed by atoms with Crippen LogP contribution in [0, 0.1) is 23.1 Å². The fourth-order valence-corrected chi connectivity index (χ4v) is 10.3. The Kier molecular flexibility index (Phi) is 7.74. The Bertz CT molecular complexity index is 1550. The normalized spacial score (nSPS) is 27.5. The summed E-state index contributed by atoms with van der Waals surface area (Å²) in [7, 11) is -4.60. The van der Waals surface area contributed by atoms with Gasteiger partial charge in [0.25, 0.3) is 0 Å². The molecule has 1 amide bonds. The lowest BCUT2D eigenvalue weighted by molar-refractivity contribution is -0.348. The second-order valence-electron chi connectivity index (χ2n) is 13.2. The van der Waals surface area contributed by atoms with Gasteiger partial charge in [0.05, 0.1) is 10.9 Å². The van der Waals surface area contributed by atoms with Gasteiger partial charge in [-0.2, -0.15) is 26.3 Å². The van der Waals surface area contributed by atoms with Crippen molar-refractivity contribution in [2.75, 3.05) is 6.54 Å². The van der Waals surface area contributed by atoms with Crippen molar-refractivity contribution in [2.45, 2.75) is 93.0 Å². The molecular weight excluding hydrogens is 618 g/mol. The van der Waals surface area contributed by atoms with Gasteiger partial charge in [-0.1, -0.05) is 45.0 Å². The molecule has 44 heavy (non-hydrogen) atoms. The number of nitrogens with zero attached hydrogens (tertiary/aromatic N) is 1. The third kappa shape index (κ3) is 4.83. The number of aryl methyl sites for hydroxylation is 1. The molecule has 3 aliphatic rings. The summed E-state index contributed by atoms with van der Waals surface area (Å²) in [6.07, 6.45) is -11.1. The average Bonchev–Trinajstić information content (AvgIpc) is 3.32. The molecule has 1 heterocycles. The summed E-state index contributed by atoms with van der Waals surface area (Å²) >= 11 is 0. The second-order valence-corrected chi connectivity index (χ2v) is 15.4. The monoisotopic (exact) mass is 651 g/mol. The second kappa shape index (κ2) is 10.4. The maximum Gasteiger partial charge on any atom is 0.435 e. The number of fused-ring (bicyclic) bond motifs is 3. The van der Waals surface area contributed by atoms with Crippen LogP contribution in [0.4, 0.5) is 35.1 Å². The Morgan fingerprint density at radius 3 is 2.18 bits per heavy atom. The number of carbonyl (C=O) groups is 1. The Hall–Kier alpha value is -2.70. The Labute approximate surface area is 250 Å². The molecule has 0 aromatic heterocycles. The first-order valence-corrected chi connectivity index (χ1v) is 15.9. The third-order valence-corrected chi connectivity index (χ3v) is 12.5. The van der Waals surface area contributed by atoms with Crippen molar-refractivity contribution in [3.63, 3.8) is 0 Å². The lowest BCUT2D eigenvalue weighted by Gasteiger charge is -2.45. The number of carbonyl (C=O) groups excluding carboxylic acids is 1. The van der Waals surface area contributed by atoms with Crippen molar-refractivity contribution in [3.8, 4) is 0 Å². The highest BCUT2D eigenvalue weighted by atomic mass is 32.2. The molecule has 2 aromatic rings. The lowest BCUT2D eigenvalue weighted by Crippen LogP contribution is -2.54. The first kappa shape index (κ1) is 32.7. The number of benzene rings is 2. The van der Waals surface area contributed by atoms with E-state index in [4.69, 9.17) is 0 Å². The van der Waals surface area contributed by atoms with Gasteiger partial charge in [0.2, 0.25) is 5.91 Å². The van der Waals surface area contributed by atoms with Gasteiger partial charge < -0.3 is 4.90 Å². The summed E-state index contributed by atoms with van der Waals surface area (Å²) in [5, 5.41) is 0. The van der Waals surface area contributed by atoms with Crippen LogP contribution in [-0.4, -0.2) is 44.2 Å². The molecule has 4 atom stereocenters. The van der Waals surface area contributed by atoms with Gasteiger partial charge in [0.15, 0.2) is 9.84 Å². The van der Waals surface area contributed by atoms with E-state index in [0.29, 0.717) is 18.6 Å². The molecular formula is C31H33F8NO3S. The van der Waals surface area contributed by atoms with Crippen LogP contribution >= 0.6 is 0 Å². The van der Waals surface area contributed by atoms with Crippen LogP contribution in [0.5, 0.6) is 0 Å². The van der Waals surface area contributed by atoms with Gasteiger partial charge in [-0.25, -0.2) is 17.2 Å². The van der Waals surface area contributed by atoms with Gasteiger partial charge in [-0.3, -0.25) is 4.79 Å². The molecule has 1 aliphatic heterocycles. The fourth-order valence-electron chi connectivity index (χ4n) is 7.86. The standard InChI is InChI=1S/C31H33F8NO3S/c1-18-17-27(2,3)12-11-23(18)26(41)40-14-13-28(44(42,43)22-6-4-5-21(32)16-22)24-9-8-20(15-19(24)7-10-25(28)40)29(33,30(34,35)36)31(37,38)39/h4-6,8-9,15-16,18,23,25H,7,10-14,17H2,1-3H3/t18-,23+,25?,28?/m0/s1. The Morgan fingerprint density at radius 2 is 1.59 bits per heavy atom. The van der Waals surface area contributed by atoms with Crippen molar-refractivity contribution in [1.29, 1.82) is 0 Å². The molecule has 242 valence electrons. The molecule has 2 unspecified atom stereocenters. The number of halogens is 8. The van der Waals surface area contributed by atoms with E-state index in [1.807, 2.05) is 6.92 Å². The molecule has 5 rings (SSSR count). The SMILES string of the molecule is C[C@H]1CC(C)(C)CC[C@H]1C(=O)N1CCC2(S(=O)(=O)c3cccc(F)c3)c3ccc(C(F)(C(F)(F)F)C(F)(F)F)cc3CCC12. The van der Waals surface area contributed by atoms with Crippen LogP contribution in [0.3, 0.4) is 0 Å². The van der Waals surface area contributed by atoms with E-state index in [9.17, 15) is 43.9 Å². The van der Waals surface area contributed by atoms with E-state index in [1.165, 1.54) is 11.0 Å². The van der Waals surface area contributed by atoms with Crippen LogP contribution in [0.25, 0.3) is 0 Å². The van der Waals surface area contributed by atoms with Crippen molar-refractivity contribution in [2.24, 2.45) is 17.3 Å². The molecule has 0 N–H and O–H groups in total. The highest BCUT2D eigenvalue weighted by Gasteiger charge is 2.74. The first-order valence-electron chi connectivity index (χ1n) is 14.4. The predicted octanol–water partition coefficient (Wildman–Crippen LogP) is 7.79. The minimum atomic E-state index is -6.34. The zero-order valence-corrected chi connectivity index (χ0v) is 25.1. The topological polar surface area (TPSA) is 54.5 Å². The van der Waals surface area contributed by atoms with Crippen molar-refractivity contribution in [1.82, 2.24) is 4.90 Å². The van der Waals surface area contributed by atoms with E-state index in [1.54, 1.807) is 0 Å². The molecule has 4 nitrogen and oxygen atoms in total. The molecule has 0 radical (unpaired) electrons. The average molecular weight is 652 g/mol. The zero-order valence-electron chi connectivity index (χ0n) is 24.3. The number of alkyl halides is 7. The number of amides is 1. The number of hydrogen-bond donors (Lipinski definition) is 0. The maximum atomic E-state index is 15.0. The molecule has 1 saturated carbocycles. The molecule has 2 fully saturated rings. The largest absolute Gasteiger partial charge is 0.435 e. The molecule has 0 spiro atoms. The number of sulfone groups is 1. The van der Waals surface area contributed by atoms with Crippen LogP contribution in [-0.2, 0) is 31.5 Å². The van der Waals surface area contributed by atoms with E-state index in [2.05, 4.69) is 13.8 Å². The first-order chi connectivity index (χ1) is 20.2. The summed E-state index contributed by atoms with van der Waals surface area (Å²) in [4.78, 5) is 15.1. The van der Waals surface area contributed by atoms with Crippen LogP contribution < -0.4 is 0 Å². The van der Waals surface area contributed by atoms with Crippen molar-refractivity contribution >= 4 is 15.7 Å². The van der Waals surface area contributed by atoms with E-state index >= 15 is 4.39 Å². The van der Waals surface area contributed by atoms with Crippen molar-refractivity contribution in [3.05, 3.63) is 65.0 Å². The molecule has 1 saturated heterocycles. The summed E-state index contributed by atoms with van der Waals surface area (Å²) < 4.78 is 138. The van der Waals surface area contributed by atoms with E-state index in [-0.39, 0.29) is 54.2 Å². The quantitative estimate of drug-likeness (QED) is 0.317. The number of hydrogen-bond acceptors (Lipinski definition) is 3. The van der Waals surface area contributed by atoms with Crippen LogP contribution in [0.15, 0.2) is 47.4 Å². The van der Waals surface area contributed by atoms with Crippen LogP contribution in [0.2, 0.25) is 0 Å². The maximum absolute atomic E-state index is 15.0. The van der Waals surface area contributed by atoms with Crippen molar-refractivity contribution < 1.29 is 48.3 Å². The minimum absolute atomic E-state index is 0.0121. The lowest BCUT2D eigenvalue weighted by atomic mass is 9.67. The zero-order chi connectivity index (χ0) is 32.7. The highest BCUT2D eigenvalue weighted by molar-refractivity contribution is 7.92. The summed E-state index contributed by atoms with van der Waals surface area (Å²) in [5.74, 6) is -1.54. The van der Waals surface area contributed by atoms with Gasteiger partial charge in [0.1, 0.15) is 10.6 Å². The van der Waals surface area contributed by atoms with E-state index < -0.39 is 60.8 Å². The molecule has 2 aliphatic carbocycles.